The third-order valence-corrected chi connectivity index (χ3v) is 5.87. The van der Waals surface area contributed by atoms with Gasteiger partial charge in [0.1, 0.15) is 6.07 Å². The third kappa shape index (κ3) is 3.83. The number of nitrogens with one attached hydrogen (secondary N) is 1. The number of pyridine rings is 1. The Balaban J connectivity index is 1.57. The van der Waals surface area contributed by atoms with Gasteiger partial charge in [-0.05, 0) is 45.0 Å². The molecule has 4 atom stereocenters. The number of ether oxygens (including phenoxy) is 1. The number of rotatable bonds is 3. The van der Waals surface area contributed by atoms with Crippen molar-refractivity contribution in [3.8, 4) is 6.07 Å². The number of piperazine rings is 1. The smallest absolute Gasteiger partial charge is 0.101 e. The van der Waals surface area contributed by atoms with Gasteiger partial charge in [-0.15, -0.1) is 0 Å². The minimum atomic E-state index is 0.164. The normalized spacial score (nSPS) is 29.0. The molecule has 1 aromatic carbocycles. The first-order chi connectivity index (χ1) is 13.5. The van der Waals surface area contributed by atoms with Gasteiger partial charge in [0, 0.05) is 62.1 Å². The summed E-state index contributed by atoms with van der Waals surface area (Å²) in [5, 5.41) is 14.0. The second-order valence-electron chi connectivity index (χ2n) is 8.23. The van der Waals surface area contributed by atoms with E-state index in [1.165, 1.54) is 0 Å². The Morgan fingerprint density at radius 2 is 2.07 bits per heavy atom. The molecule has 2 saturated heterocycles. The van der Waals surface area contributed by atoms with E-state index >= 15 is 0 Å². The molecule has 6 heteroatoms. The van der Waals surface area contributed by atoms with Crippen LogP contribution in [0.25, 0.3) is 10.9 Å². The molecule has 2 aromatic rings. The van der Waals surface area contributed by atoms with Crippen molar-refractivity contribution in [3.63, 3.8) is 0 Å². The number of benzene rings is 1. The Morgan fingerprint density at radius 3 is 2.89 bits per heavy atom. The highest BCUT2D eigenvalue weighted by Gasteiger charge is 2.31. The Hall–Kier alpha value is -2.20. The third-order valence-electron chi connectivity index (χ3n) is 5.87. The van der Waals surface area contributed by atoms with Crippen LogP contribution in [0.1, 0.15) is 26.3 Å². The molecule has 148 valence electrons. The van der Waals surface area contributed by atoms with Crippen LogP contribution in [0, 0.1) is 11.3 Å². The van der Waals surface area contributed by atoms with Gasteiger partial charge in [0.05, 0.1) is 23.3 Å². The molecular weight excluding hydrogens is 350 g/mol. The van der Waals surface area contributed by atoms with E-state index in [9.17, 15) is 5.26 Å². The van der Waals surface area contributed by atoms with Gasteiger partial charge < -0.3 is 15.0 Å². The summed E-state index contributed by atoms with van der Waals surface area (Å²) in [5.74, 6) is 0. The van der Waals surface area contributed by atoms with Crippen LogP contribution < -0.4 is 10.2 Å². The molecule has 0 bridgehead atoms. The summed E-state index contributed by atoms with van der Waals surface area (Å²) < 4.78 is 6.31. The van der Waals surface area contributed by atoms with Crippen LogP contribution in [-0.2, 0) is 4.74 Å². The van der Waals surface area contributed by atoms with Crippen molar-refractivity contribution in [1.29, 1.82) is 5.26 Å². The Bertz CT molecular complexity index is 879. The second-order valence-corrected chi connectivity index (χ2v) is 8.23. The molecule has 0 unspecified atom stereocenters. The summed E-state index contributed by atoms with van der Waals surface area (Å²) in [6.45, 7) is 11.4. The van der Waals surface area contributed by atoms with Crippen LogP contribution in [0.5, 0.6) is 0 Å². The lowest BCUT2D eigenvalue weighted by Gasteiger charge is -2.43. The van der Waals surface area contributed by atoms with E-state index in [1.807, 2.05) is 12.1 Å². The standard InChI is InChI=1S/C22H29N5O/c1-15-11-26(16(2)10-25-15)13-19-14-27(12-17(3)28-19)21-7-6-18(9-23)22-20(21)5-4-8-24-22/h4-8,15-17,19,25H,10-14H2,1-3H3/t15-,16-,17-,19+/m1/s1. The van der Waals surface area contributed by atoms with E-state index in [1.54, 1.807) is 6.20 Å². The lowest BCUT2D eigenvalue weighted by Crippen LogP contribution is -2.58. The predicted molar refractivity (Wildman–Crippen MR) is 112 cm³/mol. The molecule has 1 aromatic heterocycles. The van der Waals surface area contributed by atoms with E-state index in [4.69, 9.17) is 4.74 Å². The van der Waals surface area contributed by atoms with Gasteiger partial charge in [-0.25, -0.2) is 0 Å². The molecule has 2 aliphatic rings. The fraction of sp³-hybridized carbons (Fsp3) is 0.545. The average Bonchev–Trinajstić information content (AvgIpc) is 2.69. The molecule has 0 saturated carbocycles. The molecule has 1 N–H and O–H groups in total. The molecule has 0 spiro atoms. The fourth-order valence-electron chi connectivity index (χ4n) is 4.48. The van der Waals surface area contributed by atoms with Crippen LogP contribution in [0.15, 0.2) is 30.5 Å². The first-order valence-electron chi connectivity index (χ1n) is 10.2. The van der Waals surface area contributed by atoms with Crippen molar-refractivity contribution in [2.75, 3.05) is 37.6 Å². The van der Waals surface area contributed by atoms with Crippen molar-refractivity contribution in [1.82, 2.24) is 15.2 Å². The highest BCUT2D eigenvalue weighted by Crippen LogP contribution is 2.30. The van der Waals surface area contributed by atoms with Crippen molar-refractivity contribution in [2.45, 2.75) is 45.1 Å². The summed E-state index contributed by atoms with van der Waals surface area (Å²) in [6, 6.07) is 11.3. The fourth-order valence-corrected chi connectivity index (χ4v) is 4.48. The number of hydrogen-bond acceptors (Lipinski definition) is 6. The average molecular weight is 380 g/mol. The number of anilines is 1. The maximum atomic E-state index is 9.42. The number of nitrogens with zero attached hydrogens (tertiary/aromatic N) is 4. The first kappa shape index (κ1) is 19.1. The van der Waals surface area contributed by atoms with Crippen LogP contribution in [0.3, 0.4) is 0 Å². The molecule has 6 nitrogen and oxygen atoms in total. The van der Waals surface area contributed by atoms with E-state index < -0.39 is 0 Å². The van der Waals surface area contributed by atoms with E-state index in [-0.39, 0.29) is 12.2 Å². The van der Waals surface area contributed by atoms with Crippen molar-refractivity contribution >= 4 is 16.6 Å². The summed E-state index contributed by atoms with van der Waals surface area (Å²) in [7, 11) is 0. The largest absolute Gasteiger partial charge is 0.370 e. The number of nitriles is 1. The predicted octanol–water partition coefficient (Wildman–Crippen LogP) is 2.38. The zero-order chi connectivity index (χ0) is 19.7. The first-order valence-corrected chi connectivity index (χ1v) is 10.2. The minimum Gasteiger partial charge on any atom is -0.370 e. The monoisotopic (exact) mass is 379 g/mol. The molecule has 2 aliphatic heterocycles. The van der Waals surface area contributed by atoms with E-state index in [0.717, 1.165) is 49.3 Å². The van der Waals surface area contributed by atoms with Gasteiger partial charge in [-0.2, -0.15) is 5.26 Å². The lowest BCUT2D eigenvalue weighted by molar-refractivity contribution is -0.0415. The summed E-state index contributed by atoms with van der Waals surface area (Å²) in [6.07, 6.45) is 2.08. The Kier molecular flexibility index (Phi) is 5.49. The van der Waals surface area contributed by atoms with Crippen LogP contribution in [-0.4, -0.2) is 66.9 Å². The minimum absolute atomic E-state index is 0.164. The highest BCUT2D eigenvalue weighted by molar-refractivity contribution is 5.95. The molecule has 0 amide bonds. The molecule has 4 rings (SSSR count). The molecule has 2 fully saturated rings. The van der Waals surface area contributed by atoms with Gasteiger partial charge in [0.25, 0.3) is 0 Å². The van der Waals surface area contributed by atoms with Crippen LogP contribution in [0.2, 0.25) is 0 Å². The van der Waals surface area contributed by atoms with Gasteiger partial charge in [0.2, 0.25) is 0 Å². The summed E-state index contributed by atoms with van der Waals surface area (Å²) in [5.41, 5.74) is 2.55. The Labute approximate surface area is 167 Å². The number of fused-ring (bicyclic) bond motifs is 1. The molecule has 0 radical (unpaired) electrons. The van der Waals surface area contributed by atoms with Crippen LogP contribution >= 0.6 is 0 Å². The van der Waals surface area contributed by atoms with E-state index in [2.05, 4.69) is 59.1 Å². The van der Waals surface area contributed by atoms with Crippen molar-refractivity contribution in [2.24, 2.45) is 0 Å². The zero-order valence-electron chi connectivity index (χ0n) is 16.9. The molecule has 3 heterocycles. The van der Waals surface area contributed by atoms with Crippen molar-refractivity contribution < 1.29 is 4.74 Å². The van der Waals surface area contributed by atoms with Gasteiger partial charge in [-0.1, -0.05) is 0 Å². The number of aromatic nitrogens is 1. The zero-order valence-corrected chi connectivity index (χ0v) is 16.9. The quantitative estimate of drug-likeness (QED) is 0.883. The maximum Gasteiger partial charge on any atom is 0.101 e. The Morgan fingerprint density at radius 1 is 1.21 bits per heavy atom. The SMILES string of the molecule is C[C@@H]1CN(C[C@H]2CN(c3ccc(C#N)c4ncccc34)C[C@@H](C)O2)[C@H](C)CN1. The summed E-state index contributed by atoms with van der Waals surface area (Å²) in [4.78, 5) is 9.41. The van der Waals surface area contributed by atoms with Crippen molar-refractivity contribution in [3.05, 3.63) is 36.0 Å². The van der Waals surface area contributed by atoms with Gasteiger partial charge >= 0.3 is 0 Å². The van der Waals surface area contributed by atoms with Crippen LogP contribution in [0.4, 0.5) is 5.69 Å². The number of hydrogen-bond donors (Lipinski definition) is 1. The molecule has 28 heavy (non-hydrogen) atoms. The van der Waals surface area contributed by atoms with Gasteiger partial charge in [0.15, 0.2) is 0 Å². The topological polar surface area (TPSA) is 64.4 Å². The molecular formula is C22H29N5O. The maximum absolute atomic E-state index is 9.42. The highest BCUT2D eigenvalue weighted by atomic mass is 16.5. The lowest BCUT2D eigenvalue weighted by atomic mass is 10.1. The van der Waals surface area contributed by atoms with E-state index in [0.29, 0.717) is 17.6 Å². The number of morpholine rings is 1. The molecule has 0 aliphatic carbocycles. The second kappa shape index (κ2) is 8.04. The van der Waals surface area contributed by atoms with Gasteiger partial charge in [-0.3, -0.25) is 9.88 Å². The summed E-state index contributed by atoms with van der Waals surface area (Å²) >= 11 is 0.